The third kappa shape index (κ3) is 3.90. The molecule has 1 aliphatic heterocycles. The molecule has 0 saturated carbocycles. The van der Waals surface area contributed by atoms with Crippen LogP contribution < -0.4 is 0 Å². The molecule has 0 amide bonds. The van der Waals surface area contributed by atoms with Gasteiger partial charge in [-0.05, 0) is 25.8 Å². The number of ether oxygens (including phenoxy) is 1. The van der Waals surface area contributed by atoms with E-state index in [-0.39, 0.29) is 30.6 Å². The second kappa shape index (κ2) is 7.16. The lowest BCUT2D eigenvalue weighted by Gasteiger charge is -2.38. The molecule has 1 aromatic carbocycles. The summed E-state index contributed by atoms with van der Waals surface area (Å²) in [5.41, 5.74) is 1.99. The summed E-state index contributed by atoms with van der Waals surface area (Å²) in [5.74, 6) is 0.128. The topological polar surface area (TPSA) is 49.8 Å². The molecule has 2 rings (SSSR count). The van der Waals surface area contributed by atoms with E-state index in [9.17, 15) is 9.90 Å². The van der Waals surface area contributed by atoms with Gasteiger partial charge in [-0.2, -0.15) is 0 Å². The molecule has 0 radical (unpaired) electrons. The maximum absolute atomic E-state index is 12.6. The Bertz CT molecular complexity index is 471. The second-order valence-electron chi connectivity index (χ2n) is 5.80. The van der Waals surface area contributed by atoms with Gasteiger partial charge in [0, 0.05) is 18.7 Å². The van der Waals surface area contributed by atoms with Gasteiger partial charge in [-0.3, -0.25) is 9.69 Å². The van der Waals surface area contributed by atoms with Gasteiger partial charge in [0.05, 0.1) is 24.9 Å². The molecule has 1 N–H and O–H groups in total. The first-order chi connectivity index (χ1) is 10.0. The van der Waals surface area contributed by atoms with E-state index < -0.39 is 0 Å². The van der Waals surface area contributed by atoms with Crippen molar-refractivity contribution >= 4 is 5.78 Å². The van der Waals surface area contributed by atoms with E-state index in [0.717, 1.165) is 18.5 Å². The normalized spacial score (nSPS) is 24.8. The molecule has 1 fully saturated rings. The number of rotatable bonds is 5. The lowest BCUT2D eigenvalue weighted by Crippen LogP contribution is -2.53. The van der Waals surface area contributed by atoms with Crippen LogP contribution in [0.5, 0.6) is 0 Å². The smallest absolute Gasteiger partial charge is 0.179 e. The molecule has 1 aromatic rings. The molecule has 0 spiro atoms. The number of aliphatic hydroxyl groups is 1. The molecule has 1 saturated heterocycles. The van der Waals surface area contributed by atoms with Crippen LogP contribution in [0.25, 0.3) is 0 Å². The zero-order valence-electron chi connectivity index (χ0n) is 13.1. The Balaban J connectivity index is 2.06. The molecule has 4 heteroatoms. The van der Waals surface area contributed by atoms with Crippen LogP contribution in [0.1, 0.15) is 36.7 Å². The first-order valence-electron chi connectivity index (χ1n) is 7.68. The number of nitrogens with zero attached hydrogens (tertiary/aromatic N) is 1. The summed E-state index contributed by atoms with van der Waals surface area (Å²) < 4.78 is 5.63. The Morgan fingerprint density at radius 1 is 1.38 bits per heavy atom. The van der Waals surface area contributed by atoms with Gasteiger partial charge < -0.3 is 9.84 Å². The largest absolute Gasteiger partial charge is 0.394 e. The standard InChI is InChI=1S/C17H25NO3/c1-4-14-5-7-15(8-6-14)17(20)13(3)18-9-12(2)21-16(10-18)11-19/h5-8,12-13,16,19H,4,9-11H2,1-3H3. The molecule has 0 aliphatic carbocycles. The van der Waals surface area contributed by atoms with Crippen molar-refractivity contribution in [3.8, 4) is 0 Å². The van der Waals surface area contributed by atoms with Crippen molar-refractivity contribution in [2.75, 3.05) is 19.7 Å². The average molecular weight is 291 g/mol. The lowest BCUT2D eigenvalue weighted by atomic mass is 10.0. The number of carbonyl (C=O) groups excluding carboxylic acids is 1. The summed E-state index contributed by atoms with van der Waals surface area (Å²) in [6, 6.07) is 7.64. The Morgan fingerprint density at radius 3 is 2.62 bits per heavy atom. The van der Waals surface area contributed by atoms with Crippen molar-refractivity contribution in [2.45, 2.75) is 45.4 Å². The Morgan fingerprint density at radius 2 is 2.05 bits per heavy atom. The van der Waals surface area contributed by atoms with E-state index >= 15 is 0 Å². The number of aliphatic hydroxyl groups excluding tert-OH is 1. The monoisotopic (exact) mass is 291 g/mol. The Kier molecular flexibility index (Phi) is 5.51. The predicted molar refractivity (Wildman–Crippen MR) is 82.6 cm³/mol. The van der Waals surface area contributed by atoms with Crippen molar-refractivity contribution in [3.05, 3.63) is 35.4 Å². The molecule has 0 bridgehead atoms. The number of Topliss-reactive ketones (excluding diaryl/α,β-unsaturated/α-hetero) is 1. The number of carbonyl (C=O) groups is 1. The third-order valence-electron chi connectivity index (χ3n) is 4.13. The molecule has 3 atom stereocenters. The average Bonchev–Trinajstić information content (AvgIpc) is 2.52. The van der Waals surface area contributed by atoms with Crippen molar-refractivity contribution in [3.63, 3.8) is 0 Å². The predicted octanol–water partition coefficient (Wildman–Crippen LogP) is 1.90. The molecule has 116 valence electrons. The fraction of sp³-hybridized carbons (Fsp3) is 0.588. The molecular weight excluding hydrogens is 266 g/mol. The van der Waals surface area contributed by atoms with Gasteiger partial charge in [-0.1, -0.05) is 31.2 Å². The number of hydrogen-bond donors (Lipinski definition) is 1. The van der Waals surface area contributed by atoms with Gasteiger partial charge in [0.2, 0.25) is 0 Å². The SMILES string of the molecule is CCc1ccc(C(=O)C(C)N2CC(C)OC(CO)C2)cc1. The number of aryl methyl sites for hydroxylation is 1. The van der Waals surface area contributed by atoms with Gasteiger partial charge in [0.25, 0.3) is 0 Å². The van der Waals surface area contributed by atoms with Gasteiger partial charge in [-0.25, -0.2) is 0 Å². The fourth-order valence-electron chi connectivity index (χ4n) is 2.81. The summed E-state index contributed by atoms with van der Waals surface area (Å²) >= 11 is 0. The molecule has 4 nitrogen and oxygen atoms in total. The van der Waals surface area contributed by atoms with Gasteiger partial charge in [0.1, 0.15) is 0 Å². The van der Waals surface area contributed by atoms with E-state index in [1.807, 2.05) is 38.1 Å². The van der Waals surface area contributed by atoms with Gasteiger partial charge in [-0.15, -0.1) is 0 Å². The zero-order valence-corrected chi connectivity index (χ0v) is 13.1. The highest BCUT2D eigenvalue weighted by atomic mass is 16.5. The van der Waals surface area contributed by atoms with E-state index in [0.29, 0.717) is 6.54 Å². The van der Waals surface area contributed by atoms with Crippen LogP contribution >= 0.6 is 0 Å². The van der Waals surface area contributed by atoms with Crippen molar-refractivity contribution < 1.29 is 14.6 Å². The highest BCUT2D eigenvalue weighted by Gasteiger charge is 2.31. The first kappa shape index (κ1) is 16.1. The maximum atomic E-state index is 12.6. The Hall–Kier alpha value is -1.23. The fourth-order valence-corrected chi connectivity index (χ4v) is 2.81. The summed E-state index contributed by atoms with van der Waals surface area (Å²) in [5, 5.41) is 9.29. The molecule has 1 aliphatic rings. The number of hydrogen-bond acceptors (Lipinski definition) is 4. The first-order valence-corrected chi connectivity index (χ1v) is 7.68. The number of benzene rings is 1. The van der Waals surface area contributed by atoms with Crippen LogP contribution in [0.2, 0.25) is 0 Å². The van der Waals surface area contributed by atoms with Crippen LogP contribution in [0.4, 0.5) is 0 Å². The summed E-state index contributed by atoms with van der Waals surface area (Å²) in [6.07, 6.45) is 0.809. The highest BCUT2D eigenvalue weighted by Crippen LogP contribution is 2.17. The molecule has 0 aromatic heterocycles. The highest BCUT2D eigenvalue weighted by molar-refractivity contribution is 5.99. The van der Waals surface area contributed by atoms with E-state index in [4.69, 9.17) is 4.74 Å². The molecular formula is C17H25NO3. The molecule has 21 heavy (non-hydrogen) atoms. The van der Waals surface area contributed by atoms with Crippen LogP contribution in [0.15, 0.2) is 24.3 Å². The van der Waals surface area contributed by atoms with Crippen LogP contribution in [-0.4, -0.2) is 53.7 Å². The summed E-state index contributed by atoms with van der Waals surface area (Å²) in [4.78, 5) is 14.7. The lowest BCUT2D eigenvalue weighted by molar-refractivity contribution is -0.100. The third-order valence-corrected chi connectivity index (χ3v) is 4.13. The Labute approximate surface area is 126 Å². The zero-order chi connectivity index (χ0) is 15.4. The molecule has 3 unspecified atom stereocenters. The quantitative estimate of drug-likeness (QED) is 0.842. The molecule has 1 heterocycles. The number of morpholine rings is 1. The minimum Gasteiger partial charge on any atom is -0.394 e. The van der Waals surface area contributed by atoms with Gasteiger partial charge >= 0.3 is 0 Å². The summed E-state index contributed by atoms with van der Waals surface area (Å²) in [7, 11) is 0. The van der Waals surface area contributed by atoms with Crippen molar-refractivity contribution in [1.82, 2.24) is 4.90 Å². The van der Waals surface area contributed by atoms with E-state index in [2.05, 4.69) is 11.8 Å². The van der Waals surface area contributed by atoms with Crippen LogP contribution in [0.3, 0.4) is 0 Å². The summed E-state index contributed by atoms with van der Waals surface area (Å²) in [6.45, 7) is 7.32. The van der Waals surface area contributed by atoms with Crippen LogP contribution in [0, 0.1) is 0 Å². The van der Waals surface area contributed by atoms with E-state index in [1.54, 1.807) is 0 Å². The minimum absolute atomic E-state index is 0.00700. The van der Waals surface area contributed by atoms with E-state index in [1.165, 1.54) is 5.56 Å². The second-order valence-corrected chi connectivity index (χ2v) is 5.80. The number of ketones is 1. The minimum atomic E-state index is -0.202. The van der Waals surface area contributed by atoms with Crippen molar-refractivity contribution in [1.29, 1.82) is 0 Å². The van der Waals surface area contributed by atoms with Crippen molar-refractivity contribution in [2.24, 2.45) is 0 Å². The van der Waals surface area contributed by atoms with Gasteiger partial charge in [0.15, 0.2) is 5.78 Å². The van der Waals surface area contributed by atoms with Crippen LogP contribution in [-0.2, 0) is 11.2 Å². The maximum Gasteiger partial charge on any atom is 0.179 e.